The van der Waals surface area contributed by atoms with Crippen LogP contribution in [0.1, 0.15) is 43.7 Å². The molecule has 6 rings (SSSR count). The maximum absolute atomic E-state index is 6.40. The molecule has 6 heteroatoms. The molecule has 2 N–H and O–H groups in total. The van der Waals surface area contributed by atoms with E-state index in [0.29, 0.717) is 18.5 Å². The Balaban J connectivity index is 1.29. The molecule has 4 aromatic rings. The predicted octanol–water partition coefficient (Wildman–Crippen LogP) is 5.45. The highest BCUT2D eigenvalue weighted by molar-refractivity contribution is 6.00. The average Bonchev–Trinajstić information content (AvgIpc) is 3.24. The lowest BCUT2D eigenvalue weighted by atomic mass is 9.88. The lowest BCUT2D eigenvalue weighted by Crippen LogP contribution is -2.46. The van der Waals surface area contributed by atoms with Gasteiger partial charge in [0, 0.05) is 23.8 Å². The van der Waals surface area contributed by atoms with Crippen molar-refractivity contribution in [3.8, 4) is 16.9 Å². The van der Waals surface area contributed by atoms with E-state index < -0.39 is 0 Å². The fraction of sp³-hybridized carbons (Fsp3) is 0.357. The highest BCUT2D eigenvalue weighted by atomic mass is 16.5. The van der Waals surface area contributed by atoms with Crippen LogP contribution in [0.2, 0.25) is 0 Å². The first-order valence-corrected chi connectivity index (χ1v) is 12.4. The second-order valence-electron chi connectivity index (χ2n) is 9.56. The molecule has 0 radical (unpaired) electrons. The lowest BCUT2D eigenvalue weighted by Gasteiger charge is -2.42. The Morgan fingerprint density at radius 3 is 2.47 bits per heavy atom. The van der Waals surface area contributed by atoms with Gasteiger partial charge in [-0.2, -0.15) is 0 Å². The summed E-state index contributed by atoms with van der Waals surface area (Å²) in [6.45, 7) is 3.09. The van der Waals surface area contributed by atoms with Crippen LogP contribution >= 0.6 is 0 Å². The topological polar surface area (TPSA) is 69.2 Å². The number of nitrogens with zero attached hydrogens (tertiary/aromatic N) is 4. The Bertz CT molecular complexity index is 1270. The molecule has 0 unspecified atom stereocenters. The molecule has 34 heavy (non-hydrogen) atoms. The molecule has 1 aliphatic heterocycles. The van der Waals surface area contributed by atoms with E-state index in [1.54, 1.807) is 6.33 Å². The highest BCUT2D eigenvalue weighted by Crippen LogP contribution is 2.40. The third kappa shape index (κ3) is 4.03. The van der Waals surface area contributed by atoms with Crippen molar-refractivity contribution in [2.75, 3.05) is 18.8 Å². The van der Waals surface area contributed by atoms with Crippen LogP contribution in [0.5, 0.6) is 5.75 Å². The van der Waals surface area contributed by atoms with Crippen molar-refractivity contribution in [1.29, 1.82) is 0 Å². The van der Waals surface area contributed by atoms with Gasteiger partial charge >= 0.3 is 0 Å². The third-order valence-corrected chi connectivity index (χ3v) is 7.50. The van der Waals surface area contributed by atoms with Crippen LogP contribution < -0.4 is 10.5 Å². The first kappa shape index (κ1) is 21.2. The Morgan fingerprint density at radius 1 is 0.912 bits per heavy atom. The van der Waals surface area contributed by atoms with E-state index in [4.69, 9.17) is 10.5 Å². The first-order chi connectivity index (χ1) is 16.8. The van der Waals surface area contributed by atoms with Gasteiger partial charge in [0.05, 0.1) is 5.39 Å². The standard InChI is InChI=1S/C28H31N5O/c29-27-26-25(21-8-4-9-24(16-21)34-18-20-6-2-1-3-7-20)17-33(28(26)31-19-30-27)23-12-10-22(11-13-23)32-14-5-15-32/h1-4,6-9,16-17,19,22-23H,5,10-15,18H2,(H2,29,30,31)/t22-,23-. The summed E-state index contributed by atoms with van der Waals surface area (Å²) in [6.07, 6.45) is 10.0. The maximum Gasteiger partial charge on any atom is 0.146 e. The quantitative estimate of drug-likeness (QED) is 0.420. The van der Waals surface area contributed by atoms with E-state index in [1.807, 2.05) is 30.3 Å². The number of nitrogens with two attached hydrogens (primary N) is 1. The van der Waals surface area contributed by atoms with Crippen molar-refractivity contribution < 1.29 is 4.74 Å². The van der Waals surface area contributed by atoms with E-state index >= 15 is 0 Å². The Hall–Kier alpha value is -3.38. The Kier molecular flexibility index (Phi) is 5.67. The van der Waals surface area contributed by atoms with Crippen molar-refractivity contribution in [2.24, 2.45) is 0 Å². The highest BCUT2D eigenvalue weighted by Gasteiger charge is 2.30. The maximum atomic E-state index is 6.40. The van der Waals surface area contributed by atoms with Gasteiger partial charge in [-0.1, -0.05) is 42.5 Å². The summed E-state index contributed by atoms with van der Waals surface area (Å²) >= 11 is 0. The molecular formula is C28H31N5O. The van der Waals surface area contributed by atoms with Gasteiger partial charge < -0.3 is 19.9 Å². The Morgan fingerprint density at radius 2 is 1.71 bits per heavy atom. The molecule has 2 aliphatic rings. The van der Waals surface area contributed by atoms with Crippen LogP contribution in [-0.2, 0) is 6.61 Å². The summed E-state index contributed by atoms with van der Waals surface area (Å²) in [5.41, 5.74) is 10.6. The first-order valence-electron chi connectivity index (χ1n) is 12.4. The summed E-state index contributed by atoms with van der Waals surface area (Å²) in [5.74, 6) is 1.37. The van der Waals surface area contributed by atoms with Crippen LogP contribution in [0.25, 0.3) is 22.2 Å². The SMILES string of the molecule is Nc1ncnc2c1c(-c1cccc(OCc3ccccc3)c1)cn2[C@H]1CC[C@H](N2CCC2)CC1. The van der Waals surface area contributed by atoms with Crippen molar-refractivity contribution in [3.63, 3.8) is 0 Å². The summed E-state index contributed by atoms with van der Waals surface area (Å²) in [6, 6.07) is 19.7. The van der Waals surface area contributed by atoms with Gasteiger partial charge in [-0.05, 0) is 68.5 Å². The number of rotatable bonds is 6. The molecule has 1 saturated heterocycles. The normalized spacial score (nSPS) is 20.8. The molecule has 2 aromatic carbocycles. The number of anilines is 1. The number of ether oxygens (including phenoxy) is 1. The minimum atomic E-state index is 0.445. The summed E-state index contributed by atoms with van der Waals surface area (Å²) < 4.78 is 8.45. The monoisotopic (exact) mass is 453 g/mol. The Labute approximate surface area is 200 Å². The van der Waals surface area contributed by atoms with Gasteiger partial charge in [0.15, 0.2) is 0 Å². The predicted molar refractivity (Wildman–Crippen MR) is 136 cm³/mol. The molecule has 174 valence electrons. The molecule has 0 atom stereocenters. The number of hydrogen-bond donors (Lipinski definition) is 1. The molecule has 1 aliphatic carbocycles. The van der Waals surface area contributed by atoms with E-state index in [0.717, 1.165) is 39.5 Å². The second-order valence-corrected chi connectivity index (χ2v) is 9.56. The fourth-order valence-corrected chi connectivity index (χ4v) is 5.51. The van der Waals surface area contributed by atoms with Gasteiger partial charge in [-0.25, -0.2) is 9.97 Å². The lowest BCUT2D eigenvalue weighted by molar-refractivity contribution is 0.0807. The number of hydrogen-bond acceptors (Lipinski definition) is 5. The van der Waals surface area contributed by atoms with Crippen LogP contribution in [0.3, 0.4) is 0 Å². The zero-order valence-corrected chi connectivity index (χ0v) is 19.4. The van der Waals surface area contributed by atoms with Gasteiger partial charge in [0.25, 0.3) is 0 Å². The molecular weight excluding hydrogens is 422 g/mol. The van der Waals surface area contributed by atoms with Gasteiger partial charge in [-0.3, -0.25) is 0 Å². The third-order valence-electron chi connectivity index (χ3n) is 7.50. The van der Waals surface area contributed by atoms with E-state index in [-0.39, 0.29) is 0 Å². The molecule has 2 aromatic heterocycles. The summed E-state index contributed by atoms with van der Waals surface area (Å²) in [5, 5.41) is 0.938. The molecule has 3 heterocycles. The number of fused-ring (bicyclic) bond motifs is 1. The van der Waals surface area contributed by atoms with E-state index in [9.17, 15) is 0 Å². The van der Waals surface area contributed by atoms with E-state index in [2.05, 4.69) is 49.9 Å². The minimum absolute atomic E-state index is 0.445. The van der Waals surface area contributed by atoms with Gasteiger partial charge in [-0.15, -0.1) is 0 Å². The van der Waals surface area contributed by atoms with Crippen LogP contribution in [0, 0.1) is 0 Å². The minimum Gasteiger partial charge on any atom is -0.489 e. The summed E-state index contributed by atoms with van der Waals surface area (Å²) in [4.78, 5) is 11.6. The zero-order chi connectivity index (χ0) is 22.9. The van der Waals surface area contributed by atoms with Crippen molar-refractivity contribution in [2.45, 2.75) is 50.8 Å². The molecule has 2 fully saturated rings. The van der Waals surface area contributed by atoms with Gasteiger partial charge in [0.1, 0.15) is 30.1 Å². The van der Waals surface area contributed by atoms with Gasteiger partial charge in [0.2, 0.25) is 0 Å². The number of nitrogen functional groups attached to an aromatic ring is 1. The number of aromatic nitrogens is 3. The van der Waals surface area contributed by atoms with E-state index in [1.165, 1.54) is 45.2 Å². The van der Waals surface area contributed by atoms with Crippen molar-refractivity contribution in [1.82, 2.24) is 19.4 Å². The fourth-order valence-electron chi connectivity index (χ4n) is 5.51. The van der Waals surface area contributed by atoms with Crippen molar-refractivity contribution >= 4 is 16.9 Å². The van der Waals surface area contributed by atoms with Crippen LogP contribution in [-0.4, -0.2) is 38.6 Å². The molecule has 0 bridgehead atoms. The molecule has 1 saturated carbocycles. The largest absolute Gasteiger partial charge is 0.489 e. The number of benzene rings is 2. The zero-order valence-electron chi connectivity index (χ0n) is 19.4. The number of likely N-dealkylation sites (tertiary alicyclic amines) is 1. The molecule has 0 amide bonds. The van der Waals surface area contributed by atoms with Crippen molar-refractivity contribution in [3.05, 3.63) is 72.7 Å². The smallest absolute Gasteiger partial charge is 0.146 e. The molecule has 0 spiro atoms. The second kappa shape index (κ2) is 9.11. The average molecular weight is 454 g/mol. The van der Waals surface area contributed by atoms with Crippen LogP contribution in [0.15, 0.2) is 67.1 Å². The molecule has 6 nitrogen and oxygen atoms in total. The summed E-state index contributed by atoms with van der Waals surface area (Å²) in [7, 11) is 0. The van der Waals surface area contributed by atoms with Crippen LogP contribution in [0.4, 0.5) is 5.82 Å².